The molecule has 178 valence electrons. The lowest BCUT2D eigenvalue weighted by molar-refractivity contribution is -0.136. The van der Waals surface area contributed by atoms with Gasteiger partial charge in [0.05, 0.1) is 35.2 Å². The molecular formula is C23H33Cl2N3O4. The summed E-state index contributed by atoms with van der Waals surface area (Å²) in [5, 5.41) is 16.5. The average molecular weight is 486 g/mol. The van der Waals surface area contributed by atoms with Crippen LogP contribution in [0.2, 0.25) is 10.0 Å². The van der Waals surface area contributed by atoms with E-state index in [2.05, 4.69) is 15.5 Å². The SMILES string of the molecule is O=C(C[C@H]1CC[C@H](NC(=O)CCN2CCCCC2)[C@H](CO)O1)NCc1ccc(Cl)c(Cl)c1. The van der Waals surface area contributed by atoms with Crippen LogP contribution in [-0.2, 0) is 20.9 Å². The third kappa shape index (κ3) is 7.89. The maximum absolute atomic E-state index is 12.4. The normalized spacial score (nSPS) is 24.2. The third-order valence-corrected chi connectivity index (χ3v) is 6.87. The fourth-order valence-corrected chi connectivity index (χ4v) is 4.62. The van der Waals surface area contributed by atoms with E-state index < -0.39 is 6.10 Å². The van der Waals surface area contributed by atoms with E-state index >= 15 is 0 Å². The largest absolute Gasteiger partial charge is 0.394 e. The number of likely N-dealkylation sites (tertiary alicyclic amines) is 1. The first-order chi connectivity index (χ1) is 15.4. The number of carbonyl (C=O) groups excluding carboxylic acids is 2. The molecule has 0 saturated carbocycles. The van der Waals surface area contributed by atoms with Gasteiger partial charge >= 0.3 is 0 Å². The number of nitrogens with one attached hydrogen (secondary N) is 2. The maximum Gasteiger partial charge on any atom is 0.222 e. The molecular weight excluding hydrogens is 453 g/mol. The number of rotatable bonds is 9. The molecule has 2 aliphatic rings. The van der Waals surface area contributed by atoms with Crippen LogP contribution in [0.15, 0.2) is 18.2 Å². The van der Waals surface area contributed by atoms with Gasteiger partial charge in [-0.2, -0.15) is 0 Å². The molecule has 0 aliphatic carbocycles. The molecule has 2 saturated heterocycles. The second-order valence-corrected chi connectivity index (χ2v) is 9.43. The summed E-state index contributed by atoms with van der Waals surface area (Å²) in [7, 11) is 0. The molecule has 7 nitrogen and oxygen atoms in total. The van der Waals surface area contributed by atoms with Gasteiger partial charge in [0.15, 0.2) is 0 Å². The molecule has 1 aromatic rings. The Balaban J connectivity index is 1.38. The van der Waals surface area contributed by atoms with E-state index in [1.807, 2.05) is 6.07 Å². The van der Waals surface area contributed by atoms with E-state index in [-0.39, 0.29) is 37.0 Å². The fourth-order valence-electron chi connectivity index (χ4n) is 4.30. The fraction of sp³-hybridized carbons (Fsp3) is 0.652. The Morgan fingerprint density at radius 2 is 1.88 bits per heavy atom. The Bertz CT molecular complexity index is 774. The van der Waals surface area contributed by atoms with E-state index in [0.29, 0.717) is 35.9 Å². The van der Waals surface area contributed by atoms with E-state index in [1.54, 1.807) is 12.1 Å². The number of aliphatic hydroxyl groups is 1. The molecule has 2 fully saturated rings. The van der Waals surface area contributed by atoms with E-state index in [0.717, 1.165) is 25.2 Å². The van der Waals surface area contributed by atoms with Crippen molar-refractivity contribution in [2.75, 3.05) is 26.2 Å². The lowest BCUT2D eigenvalue weighted by atomic mass is 9.96. The van der Waals surface area contributed by atoms with Crippen molar-refractivity contribution in [1.29, 1.82) is 0 Å². The summed E-state index contributed by atoms with van der Waals surface area (Å²) in [5.74, 6) is -0.151. The molecule has 2 amide bonds. The minimum atomic E-state index is -0.504. The molecule has 0 spiro atoms. The van der Waals surface area contributed by atoms with Crippen LogP contribution in [0.5, 0.6) is 0 Å². The lowest BCUT2D eigenvalue weighted by Gasteiger charge is -2.36. The van der Waals surface area contributed by atoms with Gasteiger partial charge in [-0.1, -0.05) is 35.7 Å². The molecule has 3 N–H and O–H groups in total. The van der Waals surface area contributed by atoms with Crippen LogP contribution in [0.4, 0.5) is 0 Å². The summed E-state index contributed by atoms with van der Waals surface area (Å²) in [6, 6.07) is 5.00. The second-order valence-electron chi connectivity index (χ2n) is 8.61. The topological polar surface area (TPSA) is 90.9 Å². The molecule has 9 heteroatoms. The monoisotopic (exact) mass is 485 g/mol. The first-order valence-corrected chi connectivity index (χ1v) is 12.2. The van der Waals surface area contributed by atoms with Crippen LogP contribution in [0.25, 0.3) is 0 Å². The van der Waals surface area contributed by atoms with Gasteiger partial charge in [-0.25, -0.2) is 0 Å². The average Bonchev–Trinajstić information content (AvgIpc) is 2.80. The zero-order chi connectivity index (χ0) is 22.9. The molecule has 0 aromatic heterocycles. The standard InChI is InChI=1S/C23H33Cl2N3O4/c24-18-6-4-16(12-19(18)25)14-26-23(31)13-17-5-7-20(21(15-29)32-17)27-22(30)8-11-28-9-2-1-3-10-28/h4,6,12,17,20-21,29H,1-3,5,7-11,13-15H2,(H,26,31)(H,27,30)/t17-,20+,21+/m1/s1. The Labute approximate surface area is 199 Å². The summed E-state index contributed by atoms with van der Waals surface area (Å²) in [5.41, 5.74) is 0.859. The van der Waals surface area contributed by atoms with Crippen LogP contribution >= 0.6 is 23.2 Å². The molecule has 0 bridgehead atoms. The molecule has 0 radical (unpaired) electrons. The highest BCUT2D eigenvalue weighted by molar-refractivity contribution is 6.42. The Morgan fingerprint density at radius 1 is 1.09 bits per heavy atom. The molecule has 2 heterocycles. The van der Waals surface area contributed by atoms with Crippen molar-refractivity contribution in [3.05, 3.63) is 33.8 Å². The van der Waals surface area contributed by atoms with E-state index in [1.165, 1.54) is 19.3 Å². The van der Waals surface area contributed by atoms with Crippen LogP contribution < -0.4 is 10.6 Å². The van der Waals surface area contributed by atoms with E-state index in [9.17, 15) is 14.7 Å². The second kappa shape index (κ2) is 12.8. The van der Waals surface area contributed by atoms with Gasteiger partial charge in [0.25, 0.3) is 0 Å². The maximum atomic E-state index is 12.4. The number of hydrogen-bond donors (Lipinski definition) is 3. The van der Waals surface area contributed by atoms with Crippen molar-refractivity contribution in [3.8, 4) is 0 Å². The van der Waals surface area contributed by atoms with Gasteiger partial charge in [-0.05, 0) is 56.5 Å². The Kier molecular flexibility index (Phi) is 10.1. The zero-order valence-electron chi connectivity index (χ0n) is 18.3. The highest BCUT2D eigenvalue weighted by Gasteiger charge is 2.32. The van der Waals surface area contributed by atoms with Gasteiger partial charge < -0.3 is 25.4 Å². The number of carbonyl (C=O) groups is 2. The van der Waals surface area contributed by atoms with Gasteiger partial charge in [0, 0.05) is 19.5 Å². The van der Waals surface area contributed by atoms with Crippen LogP contribution in [0.3, 0.4) is 0 Å². The molecule has 2 aliphatic heterocycles. The highest BCUT2D eigenvalue weighted by Crippen LogP contribution is 2.24. The van der Waals surface area contributed by atoms with Crippen molar-refractivity contribution in [2.45, 2.75) is 69.7 Å². The summed E-state index contributed by atoms with van der Waals surface area (Å²) in [4.78, 5) is 27.1. The number of hydrogen-bond acceptors (Lipinski definition) is 5. The summed E-state index contributed by atoms with van der Waals surface area (Å²) in [6.45, 7) is 3.05. The van der Waals surface area contributed by atoms with Crippen molar-refractivity contribution in [2.24, 2.45) is 0 Å². The Morgan fingerprint density at radius 3 is 2.59 bits per heavy atom. The number of piperidine rings is 1. The number of benzene rings is 1. The quantitative estimate of drug-likeness (QED) is 0.500. The summed E-state index contributed by atoms with van der Waals surface area (Å²) >= 11 is 11.9. The van der Waals surface area contributed by atoms with Gasteiger partial charge in [-0.15, -0.1) is 0 Å². The van der Waals surface area contributed by atoms with Crippen molar-refractivity contribution in [3.63, 3.8) is 0 Å². The van der Waals surface area contributed by atoms with Crippen molar-refractivity contribution >= 4 is 35.0 Å². The van der Waals surface area contributed by atoms with E-state index in [4.69, 9.17) is 27.9 Å². The van der Waals surface area contributed by atoms with Crippen LogP contribution in [0, 0.1) is 0 Å². The van der Waals surface area contributed by atoms with Gasteiger partial charge in [0.1, 0.15) is 6.10 Å². The van der Waals surface area contributed by atoms with Crippen LogP contribution in [0.1, 0.15) is 50.5 Å². The lowest BCUT2D eigenvalue weighted by Crippen LogP contribution is -2.51. The Hall–Kier alpha value is -1.38. The molecule has 1 aromatic carbocycles. The number of amides is 2. The van der Waals surface area contributed by atoms with Crippen LogP contribution in [-0.4, -0.2) is 66.3 Å². The number of halogens is 2. The van der Waals surface area contributed by atoms with Crippen molar-refractivity contribution in [1.82, 2.24) is 15.5 Å². The van der Waals surface area contributed by atoms with Gasteiger partial charge in [-0.3, -0.25) is 9.59 Å². The number of aliphatic hydroxyl groups excluding tert-OH is 1. The molecule has 3 rings (SSSR count). The van der Waals surface area contributed by atoms with Gasteiger partial charge in [0.2, 0.25) is 11.8 Å². The highest BCUT2D eigenvalue weighted by atomic mass is 35.5. The third-order valence-electron chi connectivity index (χ3n) is 6.13. The predicted molar refractivity (Wildman–Crippen MR) is 125 cm³/mol. The predicted octanol–water partition coefficient (Wildman–Crippen LogP) is 2.90. The minimum Gasteiger partial charge on any atom is -0.394 e. The number of ether oxygens (including phenoxy) is 1. The molecule has 3 atom stereocenters. The first-order valence-electron chi connectivity index (χ1n) is 11.4. The summed E-state index contributed by atoms with van der Waals surface area (Å²) < 4.78 is 5.93. The zero-order valence-corrected chi connectivity index (χ0v) is 19.8. The minimum absolute atomic E-state index is 0.0135. The summed E-state index contributed by atoms with van der Waals surface area (Å²) in [6.07, 6.45) is 4.86. The smallest absolute Gasteiger partial charge is 0.222 e. The molecule has 0 unspecified atom stereocenters. The molecule has 32 heavy (non-hydrogen) atoms. The van der Waals surface area contributed by atoms with Crippen molar-refractivity contribution < 1.29 is 19.4 Å². The first kappa shape index (κ1) is 25.2. The number of nitrogens with zero attached hydrogens (tertiary/aromatic N) is 1.